The summed E-state index contributed by atoms with van der Waals surface area (Å²) in [6.07, 6.45) is 1.14. The van der Waals surface area contributed by atoms with Gasteiger partial charge in [-0.3, -0.25) is 4.90 Å². The molecule has 4 heteroatoms. The zero-order valence-corrected chi connectivity index (χ0v) is 13.1. The molecule has 0 unspecified atom stereocenters. The van der Waals surface area contributed by atoms with Crippen molar-refractivity contribution in [1.82, 2.24) is 9.80 Å². The van der Waals surface area contributed by atoms with E-state index in [9.17, 15) is 5.11 Å². The molecular weight excluding hydrogens is 292 g/mol. The standard InChI is InChI=1S/C14H23BrN2O/c1-4-7-17(9-8-16(2)3)11-12-10-13(18)5-6-14(12)15/h5-6,10,18H,4,7-9,11H2,1-3H3. The lowest BCUT2D eigenvalue weighted by Gasteiger charge is -2.24. The predicted octanol–water partition coefficient (Wildman–Crippen LogP) is 2.93. The van der Waals surface area contributed by atoms with E-state index in [0.717, 1.165) is 42.6 Å². The number of phenols is 1. The number of halogens is 1. The summed E-state index contributed by atoms with van der Waals surface area (Å²) in [5.74, 6) is 0.331. The van der Waals surface area contributed by atoms with Gasteiger partial charge >= 0.3 is 0 Å². The summed E-state index contributed by atoms with van der Waals surface area (Å²) in [4.78, 5) is 4.61. The Hall–Kier alpha value is -0.580. The fraction of sp³-hybridized carbons (Fsp3) is 0.571. The van der Waals surface area contributed by atoms with E-state index in [4.69, 9.17) is 0 Å². The van der Waals surface area contributed by atoms with Crippen LogP contribution in [-0.4, -0.2) is 48.6 Å². The van der Waals surface area contributed by atoms with E-state index in [0.29, 0.717) is 5.75 Å². The first-order chi connectivity index (χ1) is 8.52. The zero-order chi connectivity index (χ0) is 13.5. The number of likely N-dealkylation sites (N-methyl/N-ethyl adjacent to an activating group) is 1. The molecule has 0 aliphatic carbocycles. The third-order valence-corrected chi connectivity index (χ3v) is 3.60. The molecule has 0 saturated carbocycles. The van der Waals surface area contributed by atoms with E-state index in [1.54, 1.807) is 6.07 Å². The highest BCUT2D eigenvalue weighted by Crippen LogP contribution is 2.23. The Morgan fingerprint density at radius 3 is 2.50 bits per heavy atom. The second-order valence-electron chi connectivity index (χ2n) is 4.86. The second kappa shape index (κ2) is 7.77. The van der Waals surface area contributed by atoms with E-state index < -0.39 is 0 Å². The fourth-order valence-electron chi connectivity index (χ4n) is 1.85. The largest absolute Gasteiger partial charge is 0.508 e. The molecule has 0 heterocycles. The smallest absolute Gasteiger partial charge is 0.115 e. The van der Waals surface area contributed by atoms with Crippen molar-refractivity contribution in [1.29, 1.82) is 0 Å². The first kappa shape index (κ1) is 15.5. The van der Waals surface area contributed by atoms with Crippen LogP contribution in [-0.2, 0) is 6.54 Å². The molecule has 1 aromatic rings. The van der Waals surface area contributed by atoms with E-state index in [-0.39, 0.29) is 0 Å². The summed E-state index contributed by atoms with van der Waals surface area (Å²) in [6, 6.07) is 5.45. The summed E-state index contributed by atoms with van der Waals surface area (Å²) in [7, 11) is 4.18. The number of hydrogen-bond donors (Lipinski definition) is 1. The minimum atomic E-state index is 0.331. The van der Waals surface area contributed by atoms with Gasteiger partial charge in [0.25, 0.3) is 0 Å². The lowest BCUT2D eigenvalue weighted by Crippen LogP contribution is -2.32. The van der Waals surface area contributed by atoms with Crippen molar-refractivity contribution in [3.05, 3.63) is 28.2 Å². The van der Waals surface area contributed by atoms with Crippen LogP contribution in [0.4, 0.5) is 0 Å². The Morgan fingerprint density at radius 2 is 1.89 bits per heavy atom. The quantitative estimate of drug-likeness (QED) is 0.838. The molecule has 1 N–H and O–H groups in total. The molecule has 0 aliphatic heterocycles. The third-order valence-electron chi connectivity index (χ3n) is 2.83. The van der Waals surface area contributed by atoms with Crippen molar-refractivity contribution < 1.29 is 5.11 Å². The molecule has 0 fully saturated rings. The summed E-state index contributed by atoms with van der Waals surface area (Å²) in [6.45, 7) is 6.24. The van der Waals surface area contributed by atoms with Gasteiger partial charge in [-0.05, 0) is 50.8 Å². The summed E-state index contributed by atoms with van der Waals surface area (Å²) >= 11 is 3.54. The lowest BCUT2D eigenvalue weighted by molar-refractivity contribution is 0.233. The maximum absolute atomic E-state index is 9.55. The predicted molar refractivity (Wildman–Crippen MR) is 79.9 cm³/mol. The van der Waals surface area contributed by atoms with Crippen LogP contribution in [0.2, 0.25) is 0 Å². The topological polar surface area (TPSA) is 26.7 Å². The molecule has 0 aromatic heterocycles. The van der Waals surface area contributed by atoms with Gasteiger partial charge in [-0.1, -0.05) is 22.9 Å². The molecule has 102 valence electrons. The number of phenolic OH excluding ortho intramolecular Hbond substituents is 1. The van der Waals surface area contributed by atoms with Gasteiger partial charge in [0.05, 0.1) is 0 Å². The molecule has 0 atom stereocenters. The van der Waals surface area contributed by atoms with Crippen LogP contribution >= 0.6 is 15.9 Å². The van der Waals surface area contributed by atoms with E-state index in [1.165, 1.54) is 0 Å². The molecule has 3 nitrogen and oxygen atoms in total. The van der Waals surface area contributed by atoms with Crippen molar-refractivity contribution in [2.24, 2.45) is 0 Å². The van der Waals surface area contributed by atoms with Gasteiger partial charge in [-0.15, -0.1) is 0 Å². The Bertz CT molecular complexity index is 369. The first-order valence-corrected chi connectivity index (χ1v) is 7.16. The molecule has 0 amide bonds. The van der Waals surface area contributed by atoms with E-state index in [1.807, 2.05) is 12.1 Å². The summed E-state index contributed by atoms with van der Waals surface area (Å²) < 4.78 is 1.06. The SMILES string of the molecule is CCCN(CCN(C)C)Cc1cc(O)ccc1Br. The van der Waals surface area contributed by atoms with Crippen LogP contribution in [0.15, 0.2) is 22.7 Å². The fourth-order valence-corrected chi connectivity index (χ4v) is 2.22. The Labute approximate surface area is 119 Å². The normalized spacial score (nSPS) is 11.4. The molecule has 0 bridgehead atoms. The van der Waals surface area contributed by atoms with Crippen molar-refractivity contribution in [2.75, 3.05) is 33.7 Å². The maximum Gasteiger partial charge on any atom is 0.115 e. The average molecular weight is 315 g/mol. The molecule has 0 spiro atoms. The molecule has 1 rings (SSSR count). The minimum absolute atomic E-state index is 0.331. The first-order valence-electron chi connectivity index (χ1n) is 6.37. The molecular formula is C14H23BrN2O. The van der Waals surface area contributed by atoms with Crippen LogP contribution in [0.3, 0.4) is 0 Å². The van der Waals surface area contributed by atoms with E-state index in [2.05, 4.69) is 46.7 Å². The zero-order valence-electron chi connectivity index (χ0n) is 11.5. The molecule has 1 aromatic carbocycles. The highest BCUT2D eigenvalue weighted by molar-refractivity contribution is 9.10. The van der Waals surface area contributed by atoms with E-state index >= 15 is 0 Å². The van der Waals surface area contributed by atoms with Crippen molar-refractivity contribution in [2.45, 2.75) is 19.9 Å². The van der Waals surface area contributed by atoms with Gasteiger partial charge in [0.1, 0.15) is 5.75 Å². The summed E-state index contributed by atoms with van der Waals surface area (Å²) in [5, 5.41) is 9.55. The average Bonchev–Trinajstić information content (AvgIpc) is 2.31. The minimum Gasteiger partial charge on any atom is -0.508 e. The van der Waals surface area contributed by atoms with Gasteiger partial charge < -0.3 is 10.0 Å². The third kappa shape index (κ3) is 5.38. The number of benzene rings is 1. The van der Waals surface area contributed by atoms with Gasteiger partial charge in [0, 0.05) is 24.1 Å². The lowest BCUT2D eigenvalue weighted by atomic mass is 10.2. The van der Waals surface area contributed by atoms with Crippen LogP contribution < -0.4 is 0 Å². The van der Waals surface area contributed by atoms with Crippen LogP contribution in [0, 0.1) is 0 Å². The van der Waals surface area contributed by atoms with Crippen molar-refractivity contribution >= 4 is 15.9 Å². The number of nitrogens with zero attached hydrogens (tertiary/aromatic N) is 2. The van der Waals surface area contributed by atoms with Gasteiger partial charge in [-0.25, -0.2) is 0 Å². The van der Waals surface area contributed by atoms with Crippen molar-refractivity contribution in [3.8, 4) is 5.75 Å². The maximum atomic E-state index is 9.55. The number of aromatic hydroxyl groups is 1. The number of hydrogen-bond acceptors (Lipinski definition) is 3. The van der Waals surface area contributed by atoms with Gasteiger partial charge in [-0.2, -0.15) is 0 Å². The highest BCUT2D eigenvalue weighted by atomic mass is 79.9. The Balaban J connectivity index is 2.66. The summed E-state index contributed by atoms with van der Waals surface area (Å²) in [5.41, 5.74) is 1.14. The molecule has 18 heavy (non-hydrogen) atoms. The Morgan fingerprint density at radius 1 is 1.17 bits per heavy atom. The Kier molecular flexibility index (Phi) is 6.68. The second-order valence-corrected chi connectivity index (χ2v) is 5.71. The van der Waals surface area contributed by atoms with Crippen LogP contribution in [0.5, 0.6) is 5.75 Å². The van der Waals surface area contributed by atoms with Gasteiger partial charge in [0.2, 0.25) is 0 Å². The van der Waals surface area contributed by atoms with Crippen LogP contribution in [0.25, 0.3) is 0 Å². The van der Waals surface area contributed by atoms with Gasteiger partial charge in [0.15, 0.2) is 0 Å². The van der Waals surface area contributed by atoms with Crippen molar-refractivity contribution in [3.63, 3.8) is 0 Å². The molecule has 0 radical (unpaired) electrons. The highest BCUT2D eigenvalue weighted by Gasteiger charge is 2.08. The molecule has 0 aliphatic rings. The molecule has 0 saturated heterocycles. The van der Waals surface area contributed by atoms with Crippen LogP contribution in [0.1, 0.15) is 18.9 Å². The number of rotatable bonds is 7. The monoisotopic (exact) mass is 314 g/mol.